The quantitative estimate of drug-likeness (QED) is 0.844. The highest BCUT2D eigenvalue weighted by atomic mass is 35.5. The average Bonchev–Trinajstić information content (AvgIpc) is 3.11. The lowest BCUT2D eigenvalue weighted by Crippen LogP contribution is -2.34. The number of amides is 1. The lowest BCUT2D eigenvalue weighted by Gasteiger charge is -2.06. The molecule has 2 N–H and O–H groups in total. The number of hydrogen-bond acceptors (Lipinski definition) is 2. The molecule has 0 bridgehead atoms. The van der Waals surface area contributed by atoms with Crippen molar-refractivity contribution in [2.45, 2.75) is 19.4 Å². The second kappa shape index (κ2) is 7.62. The van der Waals surface area contributed by atoms with E-state index in [0.717, 1.165) is 18.0 Å². The first kappa shape index (κ1) is 15.3. The molecule has 2 rings (SSSR count). The largest absolute Gasteiger partial charge is 0.351 e. The van der Waals surface area contributed by atoms with E-state index in [2.05, 4.69) is 10.6 Å². The topological polar surface area (TPSA) is 41.1 Å². The van der Waals surface area contributed by atoms with Crippen LogP contribution in [-0.2, 0) is 11.3 Å². The zero-order chi connectivity index (χ0) is 12.1. The Morgan fingerprint density at radius 1 is 1.39 bits per heavy atom. The monoisotopic (exact) mass is 288 g/mol. The molecule has 0 heterocycles. The normalized spacial score (nSPS) is 13.8. The van der Waals surface area contributed by atoms with Crippen LogP contribution in [-0.4, -0.2) is 19.0 Å². The number of rotatable bonds is 6. The summed E-state index contributed by atoms with van der Waals surface area (Å²) in [7, 11) is 0. The average molecular weight is 289 g/mol. The van der Waals surface area contributed by atoms with Gasteiger partial charge in [0.2, 0.25) is 5.91 Å². The van der Waals surface area contributed by atoms with Crippen LogP contribution in [0, 0.1) is 5.92 Å². The molecule has 0 spiro atoms. The first-order valence-corrected chi connectivity index (χ1v) is 6.33. The number of nitrogens with one attached hydrogen (secondary N) is 2. The van der Waals surface area contributed by atoms with E-state index in [1.54, 1.807) is 0 Å². The van der Waals surface area contributed by atoms with Gasteiger partial charge in [-0.25, -0.2) is 0 Å². The van der Waals surface area contributed by atoms with Crippen LogP contribution in [0.5, 0.6) is 0 Å². The fraction of sp³-hybridized carbons (Fsp3) is 0.462. The molecule has 1 aliphatic rings. The van der Waals surface area contributed by atoms with Gasteiger partial charge in [0.1, 0.15) is 0 Å². The van der Waals surface area contributed by atoms with Gasteiger partial charge in [-0.1, -0.05) is 23.7 Å². The van der Waals surface area contributed by atoms with Crippen molar-refractivity contribution in [2.75, 3.05) is 13.1 Å². The number of carbonyl (C=O) groups excluding carboxylic acids is 1. The molecule has 0 saturated heterocycles. The van der Waals surface area contributed by atoms with E-state index in [1.165, 1.54) is 12.8 Å². The highest BCUT2D eigenvalue weighted by molar-refractivity contribution is 6.30. The van der Waals surface area contributed by atoms with E-state index in [1.807, 2.05) is 24.3 Å². The Morgan fingerprint density at radius 3 is 2.83 bits per heavy atom. The van der Waals surface area contributed by atoms with Crippen molar-refractivity contribution in [3.05, 3.63) is 34.9 Å². The van der Waals surface area contributed by atoms with Gasteiger partial charge in [0.25, 0.3) is 0 Å². The van der Waals surface area contributed by atoms with E-state index in [4.69, 9.17) is 11.6 Å². The molecule has 1 saturated carbocycles. The summed E-state index contributed by atoms with van der Waals surface area (Å²) >= 11 is 5.86. The lowest BCUT2D eigenvalue weighted by molar-refractivity contribution is -0.120. The second-order valence-corrected chi connectivity index (χ2v) is 4.92. The second-order valence-electron chi connectivity index (χ2n) is 4.48. The van der Waals surface area contributed by atoms with Crippen LogP contribution < -0.4 is 10.6 Å². The van der Waals surface area contributed by atoms with Crippen LogP contribution in [0.3, 0.4) is 0 Å². The van der Waals surface area contributed by atoms with Gasteiger partial charge in [0.05, 0.1) is 6.54 Å². The van der Waals surface area contributed by atoms with Gasteiger partial charge in [0, 0.05) is 11.6 Å². The lowest BCUT2D eigenvalue weighted by atomic mass is 10.2. The molecule has 0 unspecified atom stereocenters. The summed E-state index contributed by atoms with van der Waals surface area (Å²) in [5.41, 5.74) is 1.02. The summed E-state index contributed by atoms with van der Waals surface area (Å²) in [5, 5.41) is 6.71. The third-order valence-electron chi connectivity index (χ3n) is 2.79. The molecule has 1 aliphatic carbocycles. The Balaban J connectivity index is 0.00000162. The minimum atomic E-state index is 0. The zero-order valence-electron chi connectivity index (χ0n) is 10.1. The van der Waals surface area contributed by atoms with Crippen molar-refractivity contribution in [1.82, 2.24) is 10.6 Å². The van der Waals surface area contributed by atoms with Crippen LogP contribution in [0.2, 0.25) is 5.02 Å². The van der Waals surface area contributed by atoms with Gasteiger partial charge >= 0.3 is 0 Å². The Morgan fingerprint density at radius 2 is 2.17 bits per heavy atom. The molecule has 0 atom stereocenters. The summed E-state index contributed by atoms with van der Waals surface area (Å²) in [5.74, 6) is 0.835. The van der Waals surface area contributed by atoms with E-state index in [-0.39, 0.29) is 18.3 Å². The first-order chi connectivity index (χ1) is 8.24. The van der Waals surface area contributed by atoms with Gasteiger partial charge in [-0.2, -0.15) is 0 Å². The molecule has 1 fully saturated rings. The Hall–Kier alpha value is -0.770. The maximum atomic E-state index is 11.5. The van der Waals surface area contributed by atoms with E-state index in [9.17, 15) is 4.79 Å². The van der Waals surface area contributed by atoms with Crippen LogP contribution in [0.1, 0.15) is 18.4 Å². The van der Waals surface area contributed by atoms with Crippen LogP contribution >= 0.6 is 24.0 Å². The van der Waals surface area contributed by atoms with Crippen molar-refractivity contribution in [3.8, 4) is 0 Å². The Labute approximate surface area is 119 Å². The molecule has 1 amide bonds. The summed E-state index contributed by atoms with van der Waals surface area (Å²) in [4.78, 5) is 11.5. The smallest absolute Gasteiger partial charge is 0.234 e. The van der Waals surface area contributed by atoms with Crippen molar-refractivity contribution in [3.63, 3.8) is 0 Å². The molecular formula is C13H18Cl2N2O. The highest BCUT2D eigenvalue weighted by Crippen LogP contribution is 2.27. The fourth-order valence-corrected chi connectivity index (χ4v) is 1.83. The molecule has 0 radical (unpaired) electrons. The molecule has 18 heavy (non-hydrogen) atoms. The number of benzene rings is 1. The summed E-state index contributed by atoms with van der Waals surface area (Å²) < 4.78 is 0. The summed E-state index contributed by atoms with van der Waals surface area (Å²) in [6.45, 7) is 1.89. The zero-order valence-corrected chi connectivity index (χ0v) is 11.7. The SMILES string of the molecule is Cl.O=C(CNCC1CC1)NCc1cccc(Cl)c1. The molecule has 0 aromatic heterocycles. The third kappa shape index (κ3) is 5.71. The molecular weight excluding hydrogens is 271 g/mol. The van der Waals surface area contributed by atoms with Crippen LogP contribution in [0.25, 0.3) is 0 Å². The van der Waals surface area contributed by atoms with Gasteiger partial charge < -0.3 is 10.6 Å². The maximum absolute atomic E-state index is 11.5. The van der Waals surface area contributed by atoms with Crippen molar-refractivity contribution >= 4 is 29.9 Å². The van der Waals surface area contributed by atoms with E-state index >= 15 is 0 Å². The van der Waals surface area contributed by atoms with Gasteiger partial charge in [0.15, 0.2) is 0 Å². The molecule has 1 aromatic rings. The maximum Gasteiger partial charge on any atom is 0.234 e. The van der Waals surface area contributed by atoms with Gasteiger partial charge in [-0.05, 0) is 43.0 Å². The minimum absolute atomic E-state index is 0. The van der Waals surface area contributed by atoms with Crippen LogP contribution in [0.4, 0.5) is 0 Å². The third-order valence-corrected chi connectivity index (χ3v) is 3.03. The number of hydrogen-bond donors (Lipinski definition) is 2. The predicted molar refractivity (Wildman–Crippen MR) is 76.1 cm³/mol. The molecule has 0 aliphatic heterocycles. The standard InChI is InChI=1S/C13H17ClN2O.ClH/c14-12-3-1-2-11(6-12)8-16-13(17)9-15-7-10-4-5-10;/h1-3,6,10,15H,4-5,7-9H2,(H,16,17);1H. The molecule has 1 aromatic carbocycles. The highest BCUT2D eigenvalue weighted by Gasteiger charge is 2.20. The van der Waals surface area contributed by atoms with E-state index < -0.39 is 0 Å². The molecule has 3 nitrogen and oxygen atoms in total. The van der Waals surface area contributed by atoms with Crippen molar-refractivity contribution in [1.29, 1.82) is 0 Å². The number of carbonyl (C=O) groups is 1. The van der Waals surface area contributed by atoms with Gasteiger partial charge in [-0.15, -0.1) is 12.4 Å². The Bertz CT molecular complexity index is 394. The Kier molecular flexibility index (Phi) is 6.47. The van der Waals surface area contributed by atoms with Gasteiger partial charge in [-0.3, -0.25) is 4.79 Å². The minimum Gasteiger partial charge on any atom is -0.351 e. The predicted octanol–water partition coefficient (Wildman–Crippen LogP) is 2.38. The van der Waals surface area contributed by atoms with Crippen molar-refractivity contribution < 1.29 is 4.79 Å². The summed E-state index contributed by atoms with van der Waals surface area (Å²) in [6, 6.07) is 7.52. The first-order valence-electron chi connectivity index (χ1n) is 5.96. The fourth-order valence-electron chi connectivity index (χ4n) is 1.62. The molecule has 5 heteroatoms. The van der Waals surface area contributed by atoms with E-state index in [0.29, 0.717) is 18.1 Å². The van der Waals surface area contributed by atoms with Crippen LogP contribution in [0.15, 0.2) is 24.3 Å². The molecule has 100 valence electrons. The van der Waals surface area contributed by atoms with Crippen molar-refractivity contribution in [2.24, 2.45) is 5.92 Å². The number of halogens is 2. The summed E-state index contributed by atoms with van der Waals surface area (Å²) in [6.07, 6.45) is 2.61.